The normalized spacial score (nSPS) is 12.9. The summed E-state index contributed by atoms with van der Waals surface area (Å²) in [4.78, 5) is 110. The third-order valence-corrected chi connectivity index (χ3v) is 16.9. The maximum absolute atomic E-state index is 14.6. The van der Waals surface area contributed by atoms with Gasteiger partial charge in [0, 0.05) is 65.1 Å². The second-order valence-electron chi connectivity index (χ2n) is 23.9. The third kappa shape index (κ3) is 13.5. The highest BCUT2D eigenvalue weighted by Gasteiger charge is 2.28. The molecule has 30 nitrogen and oxygen atoms in total. The first kappa shape index (κ1) is 65.4. The number of unbranched alkanes of at least 4 members (excludes halogenated alkanes) is 2. The van der Waals surface area contributed by atoms with Gasteiger partial charge in [0.1, 0.15) is 33.9 Å². The van der Waals surface area contributed by atoms with Crippen molar-refractivity contribution in [1.82, 2.24) is 67.7 Å². The number of amides is 5. The molecule has 508 valence electrons. The van der Waals surface area contributed by atoms with Gasteiger partial charge in [-0.15, -0.1) is 0 Å². The Kier molecular flexibility index (Phi) is 18.4. The van der Waals surface area contributed by atoms with Crippen LogP contribution in [0.5, 0.6) is 11.5 Å². The van der Waals surface area contributed by atoms with Gasteiger partial charge in [0.25, 0.3) is 23.6 Å². The number of aromatic nitrogens is 14. The van der Waals surface area contributed by atoms with Gasteiger partial charge in [-0.1, -0.05) is 43.3 Å². The molecule has 8 aromatic heterocycles. The van der Waals surface area contributed by atoms with Crippen LogP contribution in [0.25, 0.3) is 44.1 Å². The van der Waals surface area contributed by atoms with E-state index in [0.717, 1.165) is 22.2 Å². The predicted molar refractivity (Wildman–Crippen MR) is 365 cm³/mol. The fourth-order valence-electron chi connectivity index (χ4n) is 12.4. The number of hydrogen-bond acceptors (Lipinski definition) is 18. The molecule has 12 aromatic rings. The number of carboxylic acids is 1. The zero-order valence-electron chi connectivity index (χ0n) is 55.2. The molecule has 0 aliphatic carbocycles. The van der Waals surface area contributed by atoms with Crippen LogP contribution in [0.2, 0.25) is 0 Å². The van der Waals surface area contributed by atoms with E-state index in [0.29, 0.717) is 133 Å². The van der Waals surface area contributed by atoms with Crippen LogP contribution in [0, 0.1) is 27.7 Å². The van der Waals surface area contributed by atoms with Gasteiger partial charge in [0.15, 0.2) is 11.8 Å². The molecule has 0 fully saturated rings. The van der Waals surface area contributed by atoms with E-state index in [4.69, 9.17) is 49.1 Å². The number of oxazole rings is 2. The molecule has 7 N–H and O–H groups in total. The van der Waals surface area contributed by atoms with E-state index >= 15 is 0 Å². The van der Waals surface area contributed by atoms with Crippen molar-refractivity contribution in [2.75, 3.05) is 34.5 Å². The molecule has 0 saturated carbocycles. The molecule has 4 aromatic carbocycles. The fraction of sp³-hybridized carbons (Fsp3) is 0.304. The number of nitrogens with zero attached hydrogens (tertiary/aromatic N) is 14. The van der Waals surface area contributed by atoms with Crippen LogP contribution in [-0.4, -0.2) is 122 Å². The topological polar surface area (TPSA) is 374 Å². The van der Waals surface area contributed by atoms with Crippen molar-refractivity contribution in [3.05, 3.63) is 166 Å². The number of hydrogen-bond donors (Lipinski definition) is 6. The number of rotatable bonds is 22. The Morgan fingerprint density at radius 2 is 0.990 bits per heavy atom. The number of nitrogens with two attached hydrogens (primary N) is 1. The number of imidazole rings is 4. The lowest BCUT2D eigenvalue weighted by Gasteiger charge is -2.13. The van der Waals surface area contributed by atoms with Crippen molar-refractivity contribution in [3.63, 3.8) is 0 Å². The minimum atomic E-state index is -1.23. The molecule has 99 heavy (non-hydrogen) atoms. The quantitative estimate of drug-likeness (QED) is 0.0271. The van der Waals surface area contributed by atoms with Crippen molar-refractivity contribution < 1.29 is 52.2 Å². The third-order valence-electron chi connectivity index (χ3n) is 16.9. The molecule has 13 rings (SSSR count). The molecule has 0 unspecified atom stereocenters. The average Bonchev–Trinajstić information content (AvgIpc) is 1.64. The highest BCUT2D eigenvalue weighted by molar-refractivity contribution is 6.06. The highest BCUT2D eigenvalue weighted by atomic mass is 16.5. The maximum atomic E-state index is 14.6. The summed E-state index contributed by atoms with van der Waals surface area (Å²) in [5.41, 5.74) is 13.3. The molecule has 1 aliphatic heterocycles. The molecule has 9 heterocycles. The number of aromatic carboxylic acids is 1. The second-order valence-corrected chi connectivity index (χ2v) is 23.9. The summed E-state index contributed by atoms with van der Waals surface area (Å²) in [6.07, 6.45) is 7.00. The molecule has 0 spiro atoms. The number of anilines is 4. The standard InChI is InChI=1S/C69H71N19O11/c1-7-44-58(98-40(5)71-44)63(92)79-68-75-48-34-42(60(70)89)36-54-56(48)85(68)27-17-18-28-86-57-49(35-43(65(94)95)37-55(57)97-31-19-30-96-54)76-69(86)80-64(93)59-47(72-41(6)99-59)22-13-14-29-88-53(33-39(4)82-88)62(91)78-67-74-46-21-10-12-24-51(46)84(67)26-16-15-25-83-50-23-11-9-20-45(50)73-66(83)77-61(90)52-32-38(3)81-87(52)8-2/h9-12,17-18,20-21,23-24,32-37H,7-8,13-16,19,22,25-31H2,1-6H3,(H2,70,89)(H,94,95)(H,73,77,90)(H,74,78,91)(H,75,79,92)(H,76,80,93)/b18-17-. The minimum absolute atomic E-state index is 0.0247. The van der Waals surface area contributed by atoms with E-state index in [2.05, 4.69) is 36.3 Å². The summed E-state index contributed by atoms with van der Waals surface area (Å²) < 4.78 is 35.0. The van der Waals surface area contributed by atoms with Gasteiger partial charge in [-0.25, -0.2) is 34.7 Å². The first-order valence-electron chi connectivity index (χ1n) is 32.6. The van der Waals surface area contributed by atoms with Gasteiger partial charge in [0.2, 0.25) is 41.2 Å². The van der Waals surface area contributed by atoms with Crippen molar-refractivity contribution in [2.24, 2.45) is 5.73 Å². The SMILES string of the molecule is CCc1nc(C)oc1C(=O)Nc1nc2cc(C(N)=O)cc3c2n1C/C=C\Cn1c(NC(=O)c2oc(C)nc2CCCCn2nc(C)cc2C(=O)Nc2nc4ccccc4n2CCCCn2c(NC(=O)c4cc(C)nn4CC)nc4ccccc42)nc2cc(C(=O)O)cc(c21)OCCCO3. The van der Waals surface area contributed by atoms with E-state index in [1.807, 2.05) is 85.4 Å². The van der Waals surface area contributed by atoms with E-state index in [9.17, 15) is 33.9 Å². The lowest BCUT2D eigenvalue weighted by Crippen LogP contribution is -2.21. The largest absolute Gasteiger partial charge is 0.491 e. The van der Waals surface area contributed by atoms with E-state index in [1.165, 1.54) is 24.3 Å². The number of allylic oxidation sites excluding steroid dienone is 2. The first-order chi connectivity index (χ1) is 47.9. The van der Waals surface area contributed by atoms with Gasteiger partial charge in [-0.2, -0.15) is 10.2 Å². The summed E-state index contributed by atoms with van der Waals surface area (Å²) in [5.74, 6) is -1.99. The van der Waals surface area contributed by atoms with Gasteiger partial charge < -0.3 is 47.4 Å². The number of fused-ring (bicyclic) bond motifs is 2. The van der Waals surface area contributed by atoms with Gasteiger partial charge in [0.05, 0.1) is 74.7 Å². The van der Waals surface area contributed by atoms with E-state index in [-0.39, 0.29) is 96.1 Å². The van der Waals surface area contributed by atoms with Crippen LogP contribution in [0.4, 0.5) is 23.8 Å². The van der Waals surface area contributed by atoms with Crippen LogP contribution < -0.4 is 36.5 Å². The summed E-state index contributed by atoms with van der Waals surface area (Å²) in [6.45, 7) is 12.9. The minimum Gasteiger partial charge on any atom is -0.491 e. The molecule has 0 radical (unpaired) electrons. The summed E-state index contributed by atoms with van der Waals surface area (Å²) in [6, 6.07) is 24.7. The maximum Gasteiger partial charge on any atom is 0.335 e. The van der Waals surface area contributed by atoms with Crippen molar-refractivity contribution in [3.8, 4) is 11.5 Å². The molecule has 0 bridgehead atoms. The molecule has 0 saturated heterocycles. The Bertz CT molecular complexity index is 5180. The number of carbonyl (C=O) groups is 6. The summed E-state index contributed by atoms with van der Waals surface area (Å²) in [5, 5.41) is 31.3. The lowest BCUT2D eigenvalue weighted by atomic mass is 10.1. The van der Waals surface area contributed by atoms with Crippen LogP contribution in [0.1, 0.15) is 143 Å². The van der Waals surface area contributed by atoms with Crippen LogP contribution in [-0.2, 0) is 52.1 Å². The number of carboxylic acid groups (broad SMARTS) is 1. The Morgan fingerprint density at radius 1 is 0.525 bits per heavy atom. The molecule has 1 aliphatic rings. The molecule has 30 heteroatoms. The molecule has 0 atom stereocenters. The van der Waals surface area contributed by atoms with E-state index in [1.54, 1.807) is 56.6 Å². The number of ether oxygens (including phenoxy) is 2. The number of carbonyl (C=O) groups excluding carboxylic acids is 5. The van der Waals surface area contributed by atoms with E-state index < -0.39 is 29.6 Å². The predicted octanol–water partition coefficient (Wildman–Crippen LogP) is 10.00. The average molecular weight is 1340 g/mol. The van der Waals surface area contributed by atoms with Crippen molar-refractivity contribution in [2.45, 2.75) is 126 Å². The Balaban J connectivity index is 0.693. The number of nitrogens with one attached hydrogen (secondary N) is 4. The zero-order valence-corrected chi connectivity index (χ0v) is 55.2. The smallest absolute Gasteiger partial charge is 0.335 e. The van der Waals surface area contributed by atoms with Crippen molar-refractivity contribution >= 4 is 103 Å². The molecule has 5 amide bonds. The van der Waals surface area contributed by atoms with Gasteiger partial charge in [-0.3, -0.25) is 54.6 Å². The molecular weight excluding hydrogens is 1270 g/mol. The number of para-hydroxylation sites is 4. The van der Waals surface area contributed by atoms with Crippen molar-refractivity contribution in [1.29, 1.82) is 0 Å². The van der Waals surface area contributed by atoms with Crippen LogP contribution in [0.15, 0.2) is 106 Å². The first-order valence-corrected chi connectivity index (χ1v) is 32.6. The summed E-state index contributed by atoms with van der Waals surface area (Å²) in [7, 11) is 0. The number of benzene rings is 4. The number of aryl methyl sites for hydroxylation is 10. The monoisotopic (exact) mass is 1340 g/mol. The summed E-state index contributed by atoms with van der Waals surface area (Å²) >= 11 is 0. The Labute approximate surface area is 564 Å². The lowest BCUT2D eigenvalue weighted by molar-refractivity contribution is 0.0695. The fourth-order valence-corrected chi connectivity index (χ4v) is 12.4. The van der Waals surface area contributed by atoms with Crippen LogP contribution >= 0.6 is 0 Å². The van der Waals surface area contributed by atoms with Crippen LogP contribution in [0.3, 0.4) is 0 Å². The van der Waals surface area contributed by atoms with Gasteiger partial charge in [-0.05, 0) is 120 Å². The second kappa shape index (κ2) is 27.8. The Hall–Kier alpha value is -12.2. The zero-order chi connectivity index (χ0) is 69.2. The molecular formula is C69H71N19O11. The Morgan fingerprint density at radius 3 is 1.52 bits per heavy atom. The number of primary amides is 1. The van der Waals surface area contributed by atoms with Gasteiger partial charge >= 0.3 is 5.97 Å². The highest BCUT2D eigenvalue weighted by Crippen LogP contribution is 2.35.